The molecular weight excluding hydrogens is 329 g/mol. The number of hydrogen-bond acceptors (Lipinski definition) is 1. The molecule has 0 aliphatic heterocycles. The minimum Gasteiger partial charge on any atom is -0.351 e. The number of halogens is 2. The number of rotatable bonds is 6. The molecule has 2 aromatic carbocycles. The number of carbonyl (C=O) groups is 1. The third-order valence-electron chi connectivity index (χ3n) is 3.59. The van der Waals surface area contributed by atoms with Crippen LogP contribution in [0.4, 0.5) is 0 Å². The maximum atomic E-state index is 12.2. The lowest BCUT2D eigenvalue weighted by Gasteiger charge is -2.26. The van der Waals surface area contributed by atoms with Crippen molar-refractivity contribution >= 4 is 29.1 Å². The van der Waals surface area contributed by atoms with Gasteiger partial charge in [0.05, 0.1) is 10.0 Å². The van der Waals surface area contributed by atoms with Gasteiger partial charge < -0.3 is 5.32 Å². The molecule has 0 aromatic heterocycles. The number of hydrogen-bond donors (Lipinski definition) is 1. The Bertz CT molecular complexity index is 668. The van der Waals surface area contributed by atoms with E-state index in [1.54, 1.807) is 6.07 Å². The van der Waals surface area contributed by atoms with E-state index < -0.39 is 0 Å². The molecule has 0 unspecified atom stereocenters. The van der Waals surface area contributed by atoms with Crippen molar-refractivity contribution < 1.29 is 4.79 Å². The van der Waals surface area contributed by atoms with Gasteiger partial charge in [0.15, 0.2) is 0 Å². The second-order valence-electron chi connectivity index (χ2n) is 6.34. The van der Waals surface area contributed by atoms with Crippen LogP contribution in [0.25, 0.3) is 0 Å². The Balaban J connectivity index is 1.87. The van der Waals surface area contributed by atoms with E-state index in [0.29, 0.717) is 22.9 Å². The van der Waals surface area contributed by atoms with Gasteiger partial charge in [0.1, 0.15) is 0 Å². The molecule has 0 atom stereocenters. The van der Waals surface area contributed by atoms with Crippen LogP contribution in [-0.4, -0.2) is 11.4 Å². The van der Waals surface area contributed by atoms with Gasteiger partial charge in [0.2, 0.25) is 5.91 Å². The molecule has 122 valence electrons. The summed E-state index contributed by atoms with van der Waals surface area (Å²) < 4.78 is 0. The van der Waals surface area contributed by atoms with E-state index in [-0.39, 0.29) is 11.4 Å². The summed E-state index contributed by atoms with van der Waals surface area (Å²) in [5, 5.41) is 4.16. The van der Waals surface area contributed by atoms with Gasteiger partial charge in [-0.25, -0.2) is 0 Å². The lowest BCUT2D eigenvalue weighted by molar-refractivity contribution is -0.122. The summed E-state index contributed by atoms with van der Waals surface area (Å²) in [4.78, 5) is 12.2. The quantitative estimate of drug-likeness (QED) is 0.775. The highest BCUT2D eigenvalue weighted by Crippen LogP contribution is 2.23. The van der Waals surface area contributed by atoms with Crippen molar-refractivity contribution in [1.29, 1.82) is 0 Å². The SMILES string of the molecule is CC(C)(Cc1ccccc1)NC(=O)CCc1ccc(Cl)c(Cl)c1. The molecule has 0 aliphatic rings. The summed E-state index contributed by atoms with van der Waals surface area (Å²) in [6.07, 6.45) is 1.87. The molecule has 2 nitrogen and oxygen atoms in total. The average molecular weight is 350 g/mol. The Labute approximate surface area is 147 Å². The Kier molecular flexibility index (Phi) is 6.09. The summed E-state index contributed by atoms with van der Waals surface area (Å²) in [5.74, 6) is 0.0389. The molecule has 1 N–H and O–H groups in total. The topological polar surface area (TPSA) is 29.1 Å². The highest BCUT2D eigenvalue weighted by molar-refractivity contribution is 6.42. The van der Waals surface area contributed by atoms with Gasteiger partial charge in [0, 0.05) is 12.0 Å². The van der Waals surface area contributed by atoms with Crippen LogP contribution in [0.15, 0.2) is 48.5 Å². The Morgan fingerprint density at radius 3 is 2.35 bits per heavy atom. The van der Waals surface area contributed by atoms with E-state index in [9.17, 15) is 4.79 Å². The van der Waals surface area contributed by atoms with E-state index in [4.69, 9.17) is 23.2 Å². The first-order chi connectivity index (χ1) is 10.9. The van der Waals surface area contributed by atoms with Crippen LogP contribution in [-0.2, 0) is 17.6 Å². The molecule has 1 amide bonds. The molecule has 0 fully saturated rings. The fourth-order valence-corrected chi connectivity index (χ4v) is 2.86. The van der Waals surface area contributed by atoms with Gasteiger partial charge in [-0.05, 0) is 49.9 Å². The van der Waals surface area contributed by atoms with Crippen molar-refractivity contribution in [3.05, 3.63) is 69.7 Å². The summed E-state index contributed by atoms with van der Waals surface area (Å²) in [7, 11) is 0. The normalized spacial score (nSPS) is 11.3. The first-order valence-electron chi connectivity index (χ1n) is 7.65. The van der Waals surface area contributed by atoms with Crippen molar-refractivity contribution in [2.75, 3.05) is 0 Å². The van der Waals surface area contributed by atoms with Crippen LogP contribution in [0.3, 0.4) is 0 Å². The second-order valence-corrected chi connectivity index (χ2v) is 7.16. The van der Waals surface area contributed by atoms with E-state index in [1.165, 1.54) is 5.56 Å². The van der Waals surface area contributed by atoms with E-state index >= 15 is 0 Å². The maximum Gasteiger partial charge on any atom is 0.220 e. The minimum atomic E-state index is -0.282. The standard InChI is InChI=1S/C19H21Cl2NO/c1-19(2,13-15-6-4-3-5-7-15)22-18(23)11-9-14-8-10-16(20)17(21)12-14/h3-8,10,12H,9,11,13H2,1-2H3,(H,22,23). The highest BCUT2D eigenvalue weighted by Gasteiger charge is 2.20. The molecule has 2 aromatic rings. The third-order valence-corrected chi connectivity index (χ3v) is 4.33. The van der Waals surface area contributed by atoms with Gasteiger partial charge in [-0.3, -0.25) is 4.79 Å². The minimum absolute atomic E-state index is 0.0389. The smallest absolute Gasteiger partial charge is 0.220 e. The van der Waals surface area contributed by atoms with Crippen molar-refractivity contribution in [1.82, 2.24) is 5.32 Å². The lowest BCUT2D eigenvalue weighted by Crippen LogP contribution is -2.45. The van der Waals surface area contributed by atoms with Crippen molar-refractivity contribution in [3.63, 3.8) is 0 Å². The summed E-state index contributed by atoms with van der Waals surface area (Å²) in [5.41, 5.74) is 1.94. The average Bonchev–Trinajstić information content (AvgIpc) is 2.48. The van der Waals surface area contributed by atoms with Gasteiger partial charge in [-0.2, -0.15) is 0 Å². The molecule has 0 bridgehead atoms. The molecule has 4 heteroatoms. The van der Waals surface area contributed by atoms with Crippen LogP contribution in [0, 0.1) is 0 Å². The van der Waals surface area contributed by atoms with Gasteiger partial charge in [-0.15, -0.1) is 0 Å². The number of aryl methyl sites for hydroxylation is 1. The van der Waals surface area contributed by atoms with Crippen molar-refractivity contribution in [2.45, 2.75) is 38.6 Å². The first kappa shape index (κ1) is 17.8. The summed E-state index contributed by atoms with van der Waals surface area (Å²) in [6, 6.07) is 15.6. The van der Waals surface area contributed by atoms with Crippen LogP contribution in [0.1, 0.15) is 31.4 Å². The molecule has 0 heterocycles. The second kappa shape index (κ2) is 7.85. The Morgan fingerprint density at radius 2 is 1.70 bits per heavy atom. The highest BCUT2D eigenvalue weighted by atomic mass is 35.5. The monoisotopic (exact) mass is 349 g/mol. The third kappa shape index (κ3) is 5.89. The number of nitrogens with one attached hydrogen (secondary N) is 1. The van der Waals surface area contributed by atoms with Gasteiger partial charge in [-0.1, -0.05) is 59.6 Å². The molecular formula is C19H21Cl2NO. The molecule has 23 heavy (non-hydrogen) atoms. The van der Waals surface area contributed by atoms with Crippen LogP contribution in [0.5, 0.6) is 0 Å². The zero-order valence-corrected chi connectivity index (χ0v) is 14.9. The van der Waals surface area contributed by atoms with E-state index in [1.807, 2.05) is 44.2 Å². The van der Waals surface area contributed by atoms with Gasteiger partial charge >= 0.3 is 0 Å². The molecule has 2 rings (SSSR count). The lowest BCUT2D eigenvalue weighted by atomic mass is 9.94. The molecule has 0 saturated heterocycles. The van der Waals surface area contributed by atoms with Gasteiger partial charge in [0.25, 0.3) is 0 Å². The fraction of sp³-hybridized carbons (Fsp3) is 0.316. The van der Waals surface area contributed by atoms with Crippen molar-refractivity contribution in [2.24, 2.45) is 0 Å². The number of amides is 1. The number of carbonyl (C=O) groups excluding carboxylic acids is 1. The van der Waals surface area contributed by atoms with Crippen molar-refractivity contribution in [3.8, 4) is 0 Å². The fourth-order valence-electron chi connectivity index (χ4n) is 2.54. The maximum absolute atomic E-state index is 12.2. The van der Waals surface area contributed by atoms with E-state index in [0.717, 1.165) is 12.0 Å². The predicted octanol–water partition coefficient (Wildman–Crippen LogP) is 5.06. The zero-order valence-electron chi connectivity index (χ0n) is 13.4. The Morgan fingerprint density at radius 1 is 1.00 bits per heavy atom. The van der Waals surface area contributed by atoms with Crippen LogP contribution >= 0.6 is 23.2 Å². The van der Waals surface area contributed by atoms with Crippen LogP contribution < -0.4 is 5.32 Å². The summed E-state index contributed by atoms with van der Waals surface area (Å²) in [6.45, 7) is 4.08. The molecule has 0 radical (unpaired) electrons. The van der Waals surface area contributed by atoms with Crippen LogP contribution in [0.2, 0.25) is 10.0 Å². The number of benzene rings is 2. The molecule has 0 aliphatic carbocycles. The summed E-state index contributed by atoms with van der Waals surface area (Å²) >= 11 is 11.9. The Hall–Kier alpha value is -1.51. The predicted molar refractivity (Wildman–Crippen MR) is 97.2 cm³/mol. The van der Waals surface area contributed by atoms with E-state index in [2.05, 4.69) is 17.4 Å². The first-order valence-corrected chi connectivity index (χ1v) is 8.40. The zero-order chi connectivity index (χ0) is 16.9. The molecule has 0 saturated carbocycles. The largest absolute Gasteiger partial charge is 0.351 e. The molecule has 0 spiro atoms.